The fourth-order valence-corrected chi connectivity index (χ4v) is 3.95. The molecule has 0 aliphatic heterocycles. The summed E-state index contributed by atoms with van der Waals surface area (Å²) in [5.74, 6) is -1.46. The highest BCUT2D eigenvalue weighted by Gasteiger charge is 2.28. The second-order valence-corrected chi connectivity index (χ2v) is 7.94. The maximum Gasteiger partial charge on any atom is 0.407 e. The first-order chi connectivity index (χ1) is 17.0. The minimum absolute atomic E-state index is 0.0105. The number of hydrogen-bond acceptors (Lipinski definition) is 6. The van der Waals surface area contributed by atoms with Gasteiger partial charge in [0, 0.05) is 25.2 Å². The second-order valence-electron chi connectivity index (χ2n) is 7.94. The Hall–Kier alpha value is -4.24. The van der Waals surface area contributed by atoms with Crippen molar-refractivity contribution in [1.29, 1.82) is 0 Å². The highest BCUT2D eigenvalue weighted by atomic mass is 16.5. The lowest BCUT2D eigenvalue weighted by molar-refractivity contribution is -0.125. The number of benzene rings is 2. The zero-order valence-electron chi connectivity index (χ0n) is 18.9. The number of ether oxygens (including phenoxy) is 2. The summed E-state index contributed by atoms with van der Waals surface area (Å²) in [4.78, 5) is 38.6. The summed E-state index contributed by atoms with van der Waals surface area (Å²) >= 11 is 0. The number of aromatic carboxylic acids is 1. The van der Waals surface area contributed by atoms with Crippen molar-refractivity contribution >= 4 is 18.0 Å². The lowest BCUT2D eigenvalue weighted by atomic mass is 9.98. The first-order valence-corrected chi connectivity index (χ1v) is 11.1. The number of carboxylic acid groups (broad SMARTS) is 1. The minimum Gasteiger partial charge on any atom is -0.477 e. The SMILES string of the molecule is O=C(COCCNC(=O)OCC1c2ccccc2-c2ccccc21)NCc1ccc(C(=O)O)nc1. The van der Waals surface area contributed by atoms with Gasteiger partial charge in [-0.05, 0) is 33.9 Å². The number of hydrogen-bond donors (Lipinski definition) is 3. The predicted octanol–water partition coefficient (Wildman–Crippen LogP) is 2.95. The maximum absolute atomic E-state index is 12.1. The Balaban J connectivity index is 1.12. The largest absolute Gasteiger partial charge is 0.477 e. The molecule has 35 heavy (non-hydrogen) atoms. The number of carbonyl (C=O) groups is 3. The van der Waals surface area contributed by atoms with Gasteiger partial charge in [-0.3, -0.25) is 4.79 Å². The molecule has 2 aromatic carbocycles. The summed E-state index contributed by atoms with van der Waals surface area (Å²) in [6.45, 7) is 0.600. The van der Waals surface area contributed by atoms with Gasteiger partial charge in [-0.25, -0.2) is 14.6 Å². The van der Waals surface area contributed by atoms with Crippen molar-refractivity contribution in [2.45, 2.75) is 12.5 Å². The van der Waals surface area contributed by atoms with E-state index in [0.717, 1.165) is 22.3 Å². The van der Waals surface area contributed by atoms with Crippen molar-refractivity contribution in [2.24, 2.45) is 0 Å². The van der Waals surface area contributed by atoms with E-state index in [1.54, 1.807) is 6.07 Å². The van der Waals surface area contributed by atoms with Crippen LogP contribution in [0.1, 0.15) is 33.1 Å². The summed E-state index contributed by atoms with van der Waals surface area (Å²) in [5.41, 5.74) is 5.22. The van der Waals surface area contributed by atoms with E-state index in [1.807, 2.05) is 24.3 Å². The van der Waals surface area contributed by atoms with Gasteiger partial charge in [-0.15, -0.1) is 0 Å². The van der Waals surface area contributed by atoms with Crippen molar-refractivity contribution in [3.8, 4) is 11.1 Å². The Kier molecular flexibility index (Phi) is 7.69. The smallest absolute Gasteiger partial charge is 0.407 e. The monoisotopic (exact) mass is 475 g/mol. The van der Waals surface area contributed by atoms with Gasteiger partial charge in [0.25, 0.3) is 0 Å². The molecule has 0 saturated carbocycles. The predicted molar refractivity (Wildman–Crippen MR) is 127 cm³/mol. The Morgan fingerprint density at radius 2 is 1.60 bits per heavy atom. The zero-order valence-corrected chi connectivity index (χ0v) is 18.9. The molecule has 0 atom stereocenters. The molecule has 4 rings (SSSR count). The van der Waals surface area contributed by atoms with Gasteiger partial charge in [0.1, 0.15) is 18.9 Å². The fourth-order valence-electron chi connectivity index (χ4n) is 3.95. The van der Waals surface area contributed by atoms with Crippen molar-refractivity contribution in [1.82, 2.24) is 15.6 Å². The van der Waals surface area contributed by atoms with Crippen LogP contribution in [0.2, 0.25) is 0 Å². The Labute approximate surface area is 202 Å². The van der Waals surface area contributed by atoms with E-state index in [0.29, 0.717) is 5.56 Å². The van der Waals surface area contributed by atoms with Gasteiger partial charge < -0.3 is 25.2 Å². The molecule has 1 aliphatic rings. The minimum atomic E-state index is -1.11. The summed E-state index contributed by atoms with van der Waals surface area (Å²) in [6, 6.07) is 19.2. The molecule has 2 amide bonds. The van der Waals surface area contributed by atoms with Gasteiger partial charge in [-0.2, -0.15) is 0 Å². The molecule has 180 valence electrons. The van der Waals surface area contributed by atoms with Crippen LogP contribution in [0.5, 0.6) is 0 Å². The lowest BCUT2D eigenvalue weighted by Crippen LogP contribution is -2.31. The number of carboxylic acids is 1. The van der Waals surface area contributed by atoms with E-state index < -0.39 is 12.1 Å². The van der Waals surface area contributed by atoms with Crippen LogP contribution in [-0.4, -0.2) is 54.4 Å². The summed E-state index contributed by atoms with van der Waals surface area (Å²) < 4.78 is 10.7. The van der Waals surface area contributed by atoms with Gasteiger partial charge in [-0.1, -0.05) is 54.6 Å². The third-order valence-corrected chi connectivity index (χ3v) is 5.63. The summed E-state index contributed by atoms with van der Waals surface area (Å²) in [7, 11) is 0. The molecule has 1 aromatic heterocycles. The van der Waals surface area contributed by atoms with Crippen molar-refractivity contribution in [3.63, 3.8) is 0 Å². The molecule has 3 aromatic rings. The van der Waals surface area contributed by atoms with Crippen LogP contribution in [-0.2, 0) is 20.8 Å². The molecule has 0 saturated heterocycles. The first-order valence-electron chi connectivity index (χ1n) is 11.1. The van der Waals surface area contributed by atoms with E-state index in [-0.39, 0.29) is 50.4 Å². The molecule has 0 spiro atoms. The molecule has 9 nitrogen and oxygen atoms in total. The topological polar surface area (TPSA) is 127 Å². The number of aromatic nitrogens is 1. The quantitative estimate of drug-likeness (QED) is 0.385. The van der Waals surface area contributed by atoms with Crippen LogP contribution in [0.3, 0.4) is 0 Å². The molecular weight excluding hydrogens is 450 g/mol. The van der Waals surface area contributed by atoms with Gasteiger partial charge in [0.2, 0.25) is 5.91 Å². The highest BCUT2D eigenvalue weighted by molar-refractivity contribution is 5.85. The van der Waals surface area contributed by atoms with Gasteiger partial charge >= 0.3 is 12.1 Å². The molecule has 3 N–H and O–H groups in total. The first kappa shape index (κ1) is 23.9. The van der Waals surface area contributed by atoms with E-state index in [9.17, 15) is 14.4 Å². The molecule has 1 heterocycles. The molecule has 1 aliphatic carbocycles. The average molecular weight is 476 g/mol. The third-order valence-electron chi connectivity index (χ3n) is 5.63. The van der Waals surface area contributed by atoms with Crippen molar-refractivity contribution in [3.05, 3.63) is 89.2 Å². The van der Waals surface area contributed by atoms with Crippen molar-refractivity contribution in [2.75, 3.05) is 26.4 Å². The molecular formula is C26H25N3O6. The molecule has 0 bridgehead atoms. The van der Waals surface area contributed by atoms with Gasteiger partial charge in [0.05, 0.1) is 6.61 Å². The molecule has 0 fully saturated rings. The number of pyridine rings is 1. The second kappa shape index (κ2) is 11.3. The summed E-state index contributed by atoms with van der Waals surface area (Å²) in [5, 5.41) is 14.1. The standard InChI is InChI=1S/C26H25N3O6/c30-24(29-14-17-9-10-23(25(31)32)28-13-17)16-34-12-11-27-26(33)35-15-22-20-7-3-1-5-18(20)19-6-2-4-8-21(19)22/h1-10,13,22H,11-12,14-16H2,(H,27,33)(H,29,30)(H,31,32). The Morgan fingerprint density at radius 3 is 2.23 bits per heavy atom. The number of nitrogens with one attached hydrogen (secondary N) is 2. The van der Waals surface area contributed by atoms with Crippen LogP contribution in [0.25, 0.3) is 11.1 Å². The number of fused-ring (bicyclic) bond motifs is 3. The van der Waals surface area contributed by atoms with Crippen LogP contribution in [0.4, 0.5) is 4.79 Å². The van der Waals surface area contributed by atoms with Gasteiger partial charge in [0.15, 0.2) is 0 Å². The third kappa shape index (κ3) is 6.01. The Morgan fingerprint density at radius 1 is 0.914 bits per heavy atom. The number of rotatable bonds is 10. The van der Waals surface area contributed by atoms with E-state index in [2.05, 4.69) is 39.9 Å². The normalized spacial score (nSPS) is 11.9. The number of carbonyl (C=O) groups excluding carboxylic acids is 2. The lowest BCUT2D eigenvalue weighted by Gasteiger charge is -2.14. The van der Waals surface area contributed by atoms with Crippen molar-refractivity contribution < 1.29 is 29.0 Å². The zero-order chi connectivity index (χ0) is 24.6. The number of alkyl carbamates (subject to hydrolysis) is 1. The number of nitrogens with zero attached hydrogens (tertiary/aromatic N) is 1. The average Bonchev–Trinajstić information content (AvgIpc) is 3.20. The number of amides is 2. The van der Waals surface area contributed by atoms with Crippen LogP contribution < -0.4 is 10.6 Å². The molecule has 0 unspecified atom stereocenters. The molecule has 0 radical (unpaired) electrons. The van der Waals surface area contributed by atoms with E-state index in [1.165, 1.54) is 12.3 Å². The Bertz CT molecular complexity index is 1170. The summed E-state index contributed by atoms with van der Waals surface area (Å²) in [6.07, 6.45) is 0.848. The van der Waals surface area contributed by atoms with E-state index >= 15 is 0 Å². The maximum atomic E-state index is 12.1. The van der Waals surface area contributed by atoms with Crippen LogP contribution in [0, 0.1) is 0 Å². The fraction of sp³-hybridized carbons (Fsp3) is 0.231. The van der Waals surface area contributed by atoms with E-state index in [4.69, 9.17) is 14.6 Å². The highest BCUT2D eigenvalue weighted by Crippen LogP contribution is 2.44. The molecule has 9 heteroatoms. The van der Waals surface area contributed by atoms with Crippen LogP contribution >= 0.6 is 0 Å². The van der Waals surface area contributed by atoms with Crippen LogP contribution in [0.15, 0.2) is 66.9 Å².